The fourth-order valence-corrected chi connectivity index (χ4v) is 2.08. The number of hydrogen-bond donors (Lipinski definition) is 1. The average Bonchev–Trinajstić information content (AvgIpc) is 2.82. The first-order valence-corrected chi connectivity index (χ1v) is 6.15. The molecule has 3 aromatic rings. The van der Waals surface area contributed by atoms with Crippen LogP contribution < -0.4 is 5.32 Å². The van der Waals surface area contributed by atoms with Crippen LogP contribution in [0.15, 0.2) is 48.8 Å². The zero-order valence-electron chi connectivity index (χ0n) is 10.6. The quantitative estimate of drug-likeness (QED) is 0.777. The summed E-state index contributed by atoms with van der Waals surface area (Å²) in [6.45, 7) is 2.53. The van der Waals surface area contributed by atoms with Gasteiger partial charge in [-0.1, -0.05) is 18.2 Å². The Hall–Kier alpha value is -2.36. The van der Waals surface area contributed by atoms with E-state index >= 15 is 0 Å². The third-order valence-corrected chi connectivity index (χ3v) is 3.06. The number of nitrogens with one attached hydrogen (secondary N) is 1. The van der Waals surface area contributed by atoms with Crippen LogP contribution in [0.5, 0.6) is 0 Å². The van der Waals surface area contributed by atoms with Crippen LogP contribution >= 0.6 is 0 Å². The molecule has 0 radical (unpaired) electrons. The van der Waals surface area contributed by atoms with Crippen LogP contribution in [-0.4, -0.2) is 9.38 Å². The van der Waals surface area contributed by atoms with Gasteiger partial charge in [0.15, 0.2) is 0 Å². The number of benzene rings is 1. The van der Waals surface area contributed by atoms with Gasteiger partial charge < -0.3 is 9.72 Å². The van der Waals surface area contributed by atoms with E-state index in [0.29, 0.717) is 12.2 Å². The summed E-state index contributed by atoms with van der Waals surface area (Å²) in [7, 11) is 0. The maximum Gasteiger partial charge on any atom is 0.146 e. The van der Waals surface area contributed by atoms with Gasteiger partial charge in [0, 0.05) is 12.4 Å². The molecule has 0 unspecified atom stereocenters. The van der Waals surface area contributed by atoms with Gasteiger partial charge in [0.05, 0.1) is 17.9 Å². The lowest BCUT2D eigenvalue weighted by Crippen LogP contribution is -2.01. The van der Waals surface area contributed by atoms with Crippen molar-refractivity contribution < 1.29 is 4.39 Å². The smallest absolute Gasteiger partial charge is 0.146 e. The summed E-state index contributed by atoms with van der Waals surface area (Å²) in [4.78, 5) is 4.54. The van der Waals surface area contributed by atoms with E-state index in [0.717, 1.165) is 16.9 Å². The van der Waals surface area contributed by atoms with E-state index < -0.39 is 0 Å². The number of nitrogens with zero attached hydrogens (tertiary/aromatic N) is 2. The van der Waals surface area contributed by atoms with Crippen molar-refractivity contribution in [1.29, 1.82) is 0 Å². The lowest BCUT2D eigenvalue weighted by atomic mass is 10.3. The number of rotatable bonds is 3. The number of aromatic nitrogens is 2. The predicted molar refractivity (Wildman–Crippen MR) is 73.7 cm³/mol. The van der Waals surface area contributed by atoms with E-state index in [1.165, 1.54) is 6.07 Å². The minimum absolute atomic E-state index is 0.248. The van der Waals surface area contributed by atoms with Crippen LogP contribution in [0.1, 0.15) is 11.3 Å². The van der Waals surface area contributed by atoms with Crippen molar-refractivity contribution in [2.75, 3.05) is 5.32 Å². The Kier molecular flexibility index (Phi) is 2.91. The zero-order valence-corrected chi connectivity index (χ0v) is 10.6. The van der Waals surface area contributed by atoms with E-state index in [9.17, 15) is 4.39 Å². The molecule has 0 aliphatic rings. The second-order valence-electron chi connectivity index (χ2n) is 4.49. The molecule has 0 aliphatic carbocycles. The molecule has 3 nitrogen and oxygen atoms in total. The first-order chi connectivity index (χ1) is 9.24. The molecule has 0 spiro atoms. The van der Waals surface area contributed by atoms with Crippen molar-refractivity contribution >= 4 is 11.3 Å². The van der Waals surface area contributed by atoms with Gasteiger partial charge in [-0.3, -0.25) is 0 Å². The molecule has 0 atom stereocenters. The summed E-state index contributed by atoms with van der Waals surface area (Å²) in [5.41, 5.74) is 3.45. The second kappa shape index (κ2) is 4.72. The number of pyridine rings is 1. The lowest BCUT2D eigenvalue weighted by molar-refractivity contribution is 0.630. The number of anilines is 1. The summed E-state index contributed by atoms with van der Waals surface area (Å²) >= 11 is 0. The van der Waals surface area contributed by atoms with Crippen LogP contribution in [0.3, 0.4) is 0 Å². The molecular weight excluding hydrogens is 241 g/mol. The van der Waals surface area contributed by atoms with Crippen LogP contribution in [0, 0.1) is 12.7 Å². The molecule has 0 saturated heterocycles. The molecule has 96 valence electrons. The highest BCUT2D eigenvalue weighted by molar-refractivity contribution is 5.49. The molecule has 0 bridgehead atoms. The number of aryl methyl sites for hydroxylation is 1. The number of halogens is 1. The van der Waals surface area contributed by atoms with E-state index in [-0.39, 0.29) is 5.82 Å². The van der Waals surface area contributed by atoms with Gasteiger partial charge in [-0.2, -0.15) is 0 Å². The van der Waals surface area contributed by atoms with Gasteiger partial charge in [-0.15, -0.1) is 0 Å². The van der Waals surface area contributed by atoms with Crippen LogP contribution in [0.2, 0.25) is 0 Å². The Morgan fingerprint density at radius 2 is 2.05 bits per heavy atom. The summed E-state index contributed by atoms with van der Waals surface area (Å²) in [6, 6.07) is 10.6. The molecule has 1 aromatic carbocycles. The topological polar surface area (TPSA) is 29.3 Å². The van der Waals surface area contributed by atoms with Crippen molar-refractivity contribution in [2.24, 2.45) is 0 Å². The Morgan fingerprint density at radius 1 is 1.21 bits per heavy atom. The summed E-state index contributed by atoms with van der Waals surface area (Å²) in [5, 5.41) is 3.06. The second-order valence-corrected chi connectivity index (χ2v) is 4.49. The van der Waals surface area contributed by atoms with E-state index in [2.05, 4.69) is 10.3 Å². The van der Waals surface area contributed by atoms with Gasteiger partial charge in [0.1, 0.15) is 11.5 Å². The molecule has 2 heterocycles. The third kappa shape index (κ3) is 2.29. The van der Waals surface area contributed by atoms with Crippen LogP contribution in [0.4, 0.5) is 10.1 Å². The highest BCUT2D eigenvalue weighted by Gasteiger charge is 2.05. The first-order valence-electron chi connectivity index (χ1n) is 6.15. The fourth-order valence-electron chi connectivity index (χ4n) is 2.08. The standard InChI is InChI=1S/C15H14FN3/c1-11-5-4-8-19-10-12(18-15(11)19)9-17-14-7-3-2-6-13(14)16/h2-8,10,17H,9H2,1H3. The largest absolute Gasteiger partial charge is 0.377 e. The molecule has 19 heavy (non-hydrogen) atoms. The van der Waals surface area contributed by atoms with Gasteiger partial charge >= 0.3 is 0 Å². The molecule has 0 fully saturated rings. The Labute approximate surface area is 110 Å². The maximum absolute atomic E-state index is 13.5. The first kappa shape index (κ1) is 11.7. The molecule has 1 N–H and O–H groups in total. The van der Waals surface area contributed by atoms with Crippen LogP contribution in [-0.2, 0) is 6.54 Å². The number of hydrogen-bond acceptors (Lipinski definition) is 2. The van der Waals surface area contributed by atoms with Gasteiger partial charge in [0.25, 0.3) is 0 Å². The van der Waals surface area contributed by atoms with Crippen molar-refractivity contribution in [1.82, 2.24) is 9.38 Å². The van der Waals surface area contributed by atoms with Gasteiger partial charge in [-0.05, 0) is 30.7 Å². The molecule has 0 amide bonds. The SMILES string of the molecule is Cc1cccn2cc(CNc3ccccc3F)nc12. The highest BCUT2D eigenvalue weighted by Crippen LogP contribution is 2.15. The summed E-state index contributed by atoms with van der Waals surface area (Å²) < 4.78 is 15.5. The maximum atomic E-state index is 13.5. The number of fused-ring (bicyclic) bond motifs is 1. The number of imidazole rings is 1. The minimum Gasteiger partial charge on any atom is -0.377 e. The molecule has 3 rings (SSSR count). The molecule has 0 saturated carbocycles. The van der Waals surface area contributed by atoms with E-state index in [4.69, 9.17) is 0 Å². The van der Waals surface area contributed by atoms with Gasteiger partial charge in [-0.25, -0.2) is 9.37 Å². The van der Waals surface area contributed by atoms with Crippen molar-refractivity contribution in [3.63, 3.8) is 0 Å². The van der Waals surface area contributed by atoms with Crippen molar-refractivity contribution in [3.8, 4) is 0 Å². The molecule has 2 aromatic heterocycles. The minimum atomic E-state index is -0.248. The van der Waals surface area contributed by atoms with Crippen LogP contribution in [0.25, 0.3) is 5.65 Å². The van der Waals surface area contributed by atoms with Crippen molar-refractivity contribution in [3.05, 3.63) is 65.9 Å². The number of para-hydroxylation sites is 1. The zero-order chi connectivity index (χ0) is 13.2. The predicted octanol–water partition coefficient (Wildman–Crippen LogP) is 3.39. The summed E-state index contributed by atoms with van der Waals surface area (Å²) in [5.74, 6) is -0.248. The fraction of sp³-hybridized carbons (Fsp3) is 0.133. The third-order valence-electron chi connectivity index (χ3n) is 3.06. The Balaban J connectivity index is 1.83. The average molecular weight is 255 g/mol. The Morgan fingerprint density at radius 3 is 2.84 bits per heavy atom. The van der Waals surface area contributed by atoms with E-state index in [1.54, 1.807) is 18.2 Å². The van der Waals surface area contributed by atoms with E-state index in [1.807, 2.05) is 35.9 Å². The molecule has 0 aliphatic heterocycles. The Bertz CT molecular complexity index is 718. The van der Waals surface area contributed by atoms with Crippen molar-refractivity contribution in [2.45, 2.75) is 13.5 Å². The summed E-state index contributed by atoms with van der Waals surface area (Å²) in [6.07, 6.45) is 3.91. The monoisotopic (exact) mass is 255 g/mol. The lowest BCUT2D eigenvalue weighted by Gasteiger charge is -2.04. The van der Waals surface area contributed by atoms with Gasteiger partial charge in [0.2, 0.25) is 0 Å². The normalized spacial score (nSPS) is 10.8. The highest BCUT2D eigenvalue weighted by atomic mass is 19.1. The molecular formula is C15H14FN3. The molecule has 4 heteroatoms.